The van der Waals surface area contributed by atoms with E-state index < -0.39 is 10.0 Å². The number of fused-ring (bicyclic) bond motifs is 1. The van der Waals surface area contributed by atoms with Crippen LogP contribution in [0, 0.1) is 5.92 Å². The van der Waals surface area contributed by atoms with Gasteiger partial charge in [0.15, 0.2) is 0 Å². The molecular weight excluding hydrogens is 396 g/mol. The van der Waals surface area contributed by atoms with E-state index in [1.165, 1.54) is 27.4 Å². The van der Waals surface area contributed by atoms with Gasteiger partial charge in [-0.1, -0.05) is 20.8 Å². The lowest BCUT2D eigenvalue weighted by atomic mass is 9.88. The molecule has 1 aliphatic rings. The van der Waals surface area contributed by atoms with Gasteiger partial charge in [-0.3, -0.25) is 4.79 Å². The van der Waals surface area contributed by atoms with E-state index in [4.69, 9.17) is 0 Å². The molecule has 1 unspecified atom stereocenters. The average Bonchev–Trinajstić information content (AvgIpc) is 3.07. The molecule has 0 aliphatic heterocycles. The standard InChI is InChI=1S/C20H26N2O4S2/c1-4-22(5-2)28(25,26)14-7-9-18(23)17(11-14)21-20(24)16-12-27-19-10-13(3)6-8-15(16)19/h7,9,11-13,23H,4-6,8,10H2,1-3H3,(H,21,24). The minimum absolute atomic E-state index is 0.0467. The first-order valence-electron chi connectivity index (χ1n) is 9.51. The van der Waals surface area contributed by atoms with Gasteiger partial charge in [0, 0.05) is 23.3 Å². The van der Waals surface area contributed by atoms with Crippen molar-refractivity contribution in [2.24, 2.45) is 5.92 Å². The predicted octanol–water partition coefficient (Wildman–Crippen LogP) is 3.86. The van der Waals surface area contributed by atoms with Crippen molar-refractivity contribution in [3.8, 4) is 5.75 Å². The molecule has 28 heavy (non-hydrogen) atoms. The quantitative estimate of drug-likeness (QED) is 0.692. The number of rotatable bonds is 6. The van der Waals surface area contributed by atoms with Crippen LogP contribution in [0.3, 0.4) is 0 Å². The number of phenols is 1. The van der Waals surface area contributed by atoms with Crippen molar-refractivity contribution < 1.29 is 18.3 Å². The Hall–Kier alpha value is -1.90. The number of hydrogen-bond donors (Lipinski definition) is 2. The molecule has 2 N–H and O–H groups in total. The van der Waals surface area contributed by atoms with Crippen molar-refractivity contribution in [2.75, 3.05) is 18.4 Å². The van der Waals surface area contributed by atoms with Gasteiger partial charge in [0.25, 0.3) is 5.91 Å². The number of phenolic OH excluding ortho intramolecular Hbond substituents is 1. The highest BCUT2D eigenvalue weighted by molar-refractivity contribution is 7.89. The first-order valence-corrected chi connectivity index (χ1v) is 11.8. The number of carbonyl (C=O) groups excluding carboxylic acids is 1. The summed E-state index contributed by atoms with van der Waals surface area (Å²) in [6.45, 7) is 6.44. The Morgan fingerprint density at radius 3 is 2.71 bits per heavy atom. The van der Waals surface area contributed by atoms with Crippen LogP contribution in [0.5, 0.6) is 5.75 Å². The molecule has 0 saturated heterocycles. The summed E-state index contributed by atoms with van der Waals surface area (Å²) in [7, 11) is -3.68. The van der Waals surface area contributed by atoms with Gasteiger partial charge < -0.3 is 10.4 Å². The minimum atomic E-state index is -3.68. The van der Waals surface area contributed by atoms with Crippen molar-refractivity contribution >= 4 is 33.0 Å². The Morgan fingerprint density at radius 1 is 1.32 bits per heavy atom. The maximum absolute atomic E-state index is 12.8. The third-order valence-electron chi connectivity index (χ3n) is 5.21. The normalized spacial score (nSPS) is 16.8. The summed E-state index contributed by atoms with van der Waals surface area (Å²) >= 11 is 1.59. The van der Waals surface area contributed by atoms with Gasteiger partial charge in [0.2, 0.25) is 10.0 Å². The second-order valence-corrected chi connectivity index (χ2v) is 10.0. The Bertz CT molecular complexity index is 978. The Balaban J connectivity index is 1.88. The first-order chi connectivity index (χ1) is 13.3. The van der Waals surface area contributed by atoms with Crippen LogP contribution in [0.2, 0.25) is 0 Å². The number of anilines is 1. The molecule has 1 amide bonds. The number of aromatic hydroxyl groups is 1. The topological polar surface area (TPSA) is 86.7 Å². The molecular formula is C20H26N2O4S2. The lowest BCUT2D eigenvalue weighted by Gasteiger charge is -2.20. The first kappa shape index (κ1) is 20.8. The summed E-state index contributed by atoms with van der Waals surface area (Å²) in [6.07, 6.45) is 2.90. The third kappa shape index (κ3) is 3.94. The van der Waals surface area contributed by atoms with Gasteiger partial charge >= 0.3 is 0 Å². The van der Waals surface area contributed by atoms with E-state index in [1.54, 1.807) is 25.2 Å². The fourth-order valence-electron chi connectivity index (χ4n) is 3.55. The zero-order valence-electron chi connectivity index (χ0n) is 16.4. The van der Waals surface area contributed by atoms with E-state index in [0.717, 1.165) is 24.8 Å². The van der Waals surface area contributed by atoms with Gasteiger partial charge in [-0.2, -0.15) is 4.31 Å². The molecule has 0 fully saturated rings. The molecule has 6 nitrogen and oxygen atoms in total. The van der Waals surface area contributed by atoms with Crippen LogP contribution in [-0.4, -0.2) is 36.8 Å². The van der Waals surface area contributed by atoms with Crippen molar-refractivity contribution in [3.63, 3.8) is 0 Å². The summed E-state index contributed by atoms with van der Waals surface area (Å²) in [5.74, 6) is 0.136. The van der Waals surface area contributed by atoms with Gasteiger partial charge in [-0.25, -0.2) is 8.42 Å². The van der Waals surface area contributed by atoms with Crippen LogP contribution in [0.15, 0.2) is 28.5 Å². The largest absolute Gasteiger partial charge is 0.506 e. The number of sulfonamides is 1. The molecule has 0 spiro atoms. The number of thiophene rings is 1. The summed E-state index contributed by atoms with van der Waals surface area (Å²) in [5.41, 5.74) is 1.79. The van der Waals surface area contributed by atoms with E-state index >= 15 is 0 Å². The zero-order chi connectivity index (χ0) is 20.5. The molecule has 0 saturated carbocycles. The Kier molecular flexibility index (Phi) is 6.12. The maximum Gasteiger partial charge on any atom is 0.256 e. The molecule has 152 valence electrons. The van der Waals surface area contributed by atoms with Crippen LogP contribution < -0.4 is 5.32 Å². The van der Waals surface area contributed by atoms with E-state index in [1.807, 2.05) is 5.38 Å². The number of nitrogens with one attached hydrogen (secondary N) is 1. The van der Waals surface area contributed by atoms with E-state index in [9.17, 15) is 18.3 Å². The predicted molar refractivity (Wildman–Crippen MR) is 112 cm³/mol. The lowest BCUT2D eigenvalue weighted by molar-refractivity contribution is 0.102. The van der Waals surface area contributed by atoms with E-state index in [2.05, 4.69) is 12.2 Å². The number of nitrogens with zero attached hydrogens (tertiary/aromatic N) is 1. The highest BCUT2D eigenvalue weighted by Gasteiger charge is 2.25. The summed E-state index contributed by atoms with van der Waals surface area (Å²) < 4.78 is 26.8. The minimum Gasteiger partial charge on any atom is -0.506 e. The van der Waals surface area contributed by atoms with Crippen LogP contribution in [0.25, 0.3) is 0 Å². The van der Waals surface area contributed by atoms with Crippen molar-refractivity contribution in [1.82, 2.24) is 4.31 Å². The highest BCUT2D eigenvalue weighted by atomic mass is 32.2. The van der Waals surface area contributed by atoms with Crippen LogP contribution in [0.4, 0.5) is 5.69 Å². The monoisotopic (exact) mass is 422 g/mol. The molecule has 1 aromatic heterocycles. The number of carbonyl (C=O) groups is 1. The number of hydrogen-bond acceptors (Lipinski definition) is 5. The third-order valence-corrected chi connectivity index (χ3v) is 8.30. The summed E-state index contributed by atoms with van der Waals surface area (Å²) in [6, 6.07) is 3.98. The molecule has 1 aliphatic carbocycles. The number of amides is 1. The van der Waals surface area contributed by atoms with Crippen molar-refractivity contribution in [2.45, 2.75) is 44.9 Å². The second-order valence-electron chi connectivity index (χ2n) is 7.12. The van der Waals surface area contributed by atoms with Gasteiger partial charge in [-0.15, -0.1) is 11.3 Å². The Labute approximate surface area is 170 Å². The molecule has 8 heteroatoms. The van der Waals surface area contributed by atoms with E-state index in [-0.39, 0.29) is 22.2 Å². The molecule has 1 aromatic carbocycles. The van der Waals surface area contributed by atoms with Gasteiger partial charge in [-0.05, 0) is 48.9 Å². The summed E-state index contributed by atoms with van der Waals surface area (Å²) in [4.78, 5) is 14.1. The fraction of sp³-hybridized carbons (Fsp3) is 0.450. The fourth-order valence-corrected chi connectivity index (χ4v) is 6.27. The maximum atomic E-state index is 12.8. The molecule has 1 heterocycles. The Morgan fingerprint density at radius 2 is 2.04 bits per heavy atom. The van der Waals surface area contributed by atoms with Gasteiger partial charge in [0.1, 0.15) is 5.75 Å². The van der Waals surface area contributed by atoms with Crippen molar-refractivity contribution in [1.29, 1.82) is 0 Å². The van der Waals surface area contributed by atoms with Crippen LogP contribution >= 0.6 is 11.3 Å². The molecule has 2 aromatic rings. The van der Waals surface area contributed by atoms with Crippen LogP contribution in [0.1, 0.15) is 48.0 Å². The molecule has 3 rings (SSSR count). The molecule has 0 bridgehead atoms. The smallest absolute Gasteiger partial charge is 0.256 e. The SMILES string of the molecule is CCN(CC)S(=O)(=O)c1ccc(O)c(NC(=O)c2csc3c2CCC(C)C3)c1. The summed E-state index contributed by atoms with van der Waals surface area (Å²) in [5, 5.41) is 14.7. The molecule has 1 atom stereocenters. The lowest BCUT2D eigenvalue weighted by Crippen LogP contribution is -2.30. The van der Waals surface area contributed by atoms with E-state index in [0.29, 0.717) is 24.6 Å². The zero-order valence-corrected chi connectivity index (χ0v) is 18.0. The highest BCUT2D eigenvalue weighted by Crippen LogP contribution is 2.34. The second kappa shape index (κ2) is 8.23. The molecule has 0 radical (unpaired) electrons. The number of benzene rings is 1. The van der Waals surface area contributed by atoms with Crippen LogP contribution in [-0.2, 0) is 22.9 Å². The average molecular weight is 423 g/mol. The van der Waals surface area contributed by atoms with Crippen molar-refractivity contribution in [3.05, 3.63) is 39.6 Å². The van der Waals surface area contributed by atoms with Gasteiger partial charge in [0.05, 0.1) is 16.1 Å².